The molecule has 8 heteroatoms. The monoisotopic (exact) mass is 297 g/mol. The third-order valence-electron chi connectivity index (χ3n) is 3.49. The molecule has 110 valence electrons. The molecule has 1 fully saturated rings. The molecule has 2 amide bonds. The number of imide groups is 1. The quantitative estimate of drug-likeness (QED) is 0.830. The van der Waals surface area contributed by atoms with E-state index in [4.69, 9.17) is 0 Å². The number of hydrogen-bond acceptors (Lipinski definition) is 4. The maximum atomic E-state index is 12.8. The third-order valence-corrected chi connectivity index (χ3v) is 3.49. The number of rotatable bonds is 2. The number of carbonyl (C=O) groups excluding carboxylic acids is 2. The van der Waals surface area contributed by atoms with Crippen molar-refractivity contribution < 1.29 is 22.8 Å². The first-order valence-electron chi connectivity index (χ1n) is 6.19. The maximum Gasteiger partial charge on any atom is 0.432 e. The minimum Gasteiger partial charge on any atom is -0.296 e. The first-order chi connectivity index (χ1) is 9.89. The molecule has 0 aromatic heterocycles. The van der Waals surface area contributed by atoms with Gasteiger partial charge in [-0.25, -0.2) is 0 Å². The van der Waals surface area contributed by atoms with Crippen LogP contribution in [-0.2, 0) is 16.1 Å². The first kappa shape index (κ1) is 13.6. The second-order valence-electron chi connectivity index (χ2n) is 4.83. The Morgan fingerprint density at radius 3 is 2.43 bits per heavy atom. The first-order valence-corrected chi connectivity index (χ1v) is 6.19. The van der Waals surface area contributed by atoms with E-state index in [2.05, 4.69) is 10.5 Å². The van der Waals surface area contributed by atoms with Crippen LogP contribution in [0.5, 0.6) is 0 Å². The van der Waals surface area contributed by atoms with E-state index in [1.807, 2.05) is 0 Å². The second-order valence-corrected chi connectivity index (χ2v) is 4.83. The molecule has 2 heterocycles. The van der Waals surface area contributed by atoms with Crippen LogP contribution in [0.3, 0.4) is 0 Å². The van der Waals surface area contributed by atoms with Gasteiger partial charge in [0.1, 0.15) is 12.0 Å². The standard InChI is InChI=1S/C13H10F3N3O2/c14-13(15,16)10-8-9(17-18-10)12(21)19(11(8)20)6-7-4-2-1-3-5-7/h1-5,8-9,17H,6H2. The Hall–Kier alpha value is -2.38. The fraction of sp³-hybridized carbons (Fsp3) is 0.308. The van der Waals surface area contributed by atoms with Crippen LogP contribution >= 0.6 is 0 Å². The summed E-state index contributed by atoms with van der Waals surface area (Å²) in [4.78, 5) is 25.1. The van der Waals surface area contributed by atoms with Gasteiger partial charge in [-0.2, -0.15) is 18.3 Å². The van der Waals surface area contributed by atoms with Crippen molar-refractivity contribution in [2.45, 2.75) is 18.8 Å². The molecule has 1 aromatic rings. The Labute approximate surface area is 117 Å². The summed E-state index contributed by atoms with van der Waals surface area (Å²) in [5.41, 5.74) is 1.56. The van der Waals surface area contributed by atoms with Crippen LogP contribution in [0.4, 0.5) is 13.2 Å². The zero-order chi connectivity index (χ0) is 15.2. The van der Waals surface area contributed by atoms with Gasteiger partial charge >= 0.3 is 6.18 Å². The van der Waals surface area contributed by atoms with Crippen molar-refractivity contribution in [3.8, 4) is 0 Å². The van der Waals surface area contributed by atoms with Gasteiger partial charge in [-0.3, -0.25) is 19.9 Å². The van der Waals surface area contributed by atoms with Gasteiger partial charge in [0.25, 0.3) is 5.91 Å². The molecular formula is C13H10F3N3O2. The SMILES string of the molecule is O=C1C2NN=C(C(F)(F)F)C2C(=O)N1Cc1ccccc1. The average molecular weight is 297 g/mol. The highest BCUT2D eigenvalue weighted by molar-refractivity contribution is 6.20. The van der Waals surface area contributed by atoms with Crippen LogP contribution in [0.15, 0.2) is 35.4 Å². The summed E-state index contributed by atoms with van der Waals surface area (Å²) < 4.78 is 38.4. The van der Waals surface area contributed by atoms with Gasteiger partial charge in [0.2, 0.25) is 5.91 Å². The Balaban J connectivity index is 1.86. The molecule has 1 aromatic carbocycles. The molecule has 0 saturated carbocycles. The van der Waals surface area contributed by atoms with E-state index in [1.54, 1.807) is 30.3 Å². The Kier molecular flexibility index (Phi) is 2.96. The largest absolute Gasteiger partial charge is 0.432 e. The number of nitrogens with zero attached hydrogens (tertiary/aromatic N) is 2. The number of fused-ring (bicyclic) bond motifs is 1. The number of alkyl halides is 3. The molecule has 0 aliphatic carbocycles. The molecule has 2 unspecified atom stereocenters. The molecule has 2 aliphatic heterocycles. The summed E-state index contributed by atoms with van der Waals surface area (Å²) in [5, 5.41) is 3.11. The minimum absolute atomic E-state index is 0.0433. The molecule has 3 rings (SSSR count). The molecule has 0 radical (unpaired) electrons. The number of benzene rings is 1. The Morgan fingerprint density at radius 1 is 1.14 bits per heavy atom. The summed E-state index contributed by atoms with van der Waals surface area (Å²) in [7, 11) is 0. The lowest BCUT2D eigenvalue weighted by atomic mass is 9.98. The van der Waals surface area contributed by atoms with Crippen molar-refractivity contribution in [2.75, 3.05) is 0 Å². The molecule has 1 saturated heterocycles. The average Bonchev–Trinajstić information content (AvgIpc) is 2.96. The van der Waals surface area contributed by atoms with Crippen LogP contribution in [0.2, 0.25) is 0 Å². The molecule has 2 aliphatic rings. The van der Waals surface area contributed by atoms with Gasteiger partial charge in [0.15, 0.2) is 5.71 Å². The lowest BCUT2D eigenvalue weighted by Gasteiger charge is -2.16. The van der Waals surface area contributed by atoms with Gasteiger partial charge in [-0.15, -0.1) is 0 Å². The number of hydrazone groups is 1. The van der Waals surface area contributed by atoms with Crippen molar-refractivity contribution in [1.29, 1.82) is 0 Å². The topological polar surface area (TPSA) is 61.8 Å². The molecule has 0 bridgehead atoms. The number of carbonyl (C=O) groups is 2. The Bertz CT molecular complexity index is 627. The zero-order valence-corrected chi connectivity index (χ0v) is 10.6. The van der Waals surface area contributed by atoms with Crippen LogP contribution in [0, 0.1) is 5.92 Å². The maximum absolute atomic E-state index is 12.8. The fourth-order valence-corrected chi connectivity index (χ4v) is 2.50. The second kappa shape index (κ2) is 4.57. The lowest BCUT2D eigenvalue weighted by Crippen LogP contribution is -2.37. The van der Waals surface area contributed by atoms with E-state index in [1.165, 1.54) is 0 Å². The number of amides is 2. The summed E-state index contributed by atoms with van der Waals surface area (Å²) >= 11 is 0. The van der Waals surface area contributed by atoms with E-state index in [0.717, 1.165) is 4.90 Å². The van der Waals surface area contributed by atoms with Crippen LogP contribution in [-0.4, -0.2) is 34.6 Å². The molecule has 2 atom stereocenters. The third kappa shape index (κ3) is 2.16. The summed E-state index contributed by atoms with van der Waals surface area (Å²) in [6.45, 7) is -0.0433. The minimum atomic E-state index is -4.73. The van der Waals surface area contributed by atoms with Crippen molar-refractivity contribution in [3.05, 3.63) is 35.9 Å². The van der Waals surface area contributed by atoms with E-state index in [-0.39, 0.29) is 6.54 Å². The van der Waals surface area contributed by atoms with E-state index < -0.39 is 35.7 Å². The highest BCUT2D eigenvalue weighted by Crippen LogP contribution is 2.34. The zero-order valence-electron chi connectivity index (χ0n) is 10.6. The van der Waals surface area contributed by atoms with Crippen LogP contribution in [0.1, 0.15) is 5.56 Å². The number of hydrogen-bond donors (Lipinski definition) is 1. The van der Waals surface area contributed by atoms with Crippen molar-refractivity contribution >= 4 is 17.5 Å². The predicted molar refractivity (Wildman–Crippen MR) is 65.9 cm³/mol. The molecule has 1 N–H and O–H groups in total. The highest BCUT2D eigenvalue weighted by atomic mass is 19.4. The van der Waals surface area contributed by atoms with Gasteiger partial charge in [-0.1, -0.05) is 30.3 Å². The molecule has 0 spiro atoms. The lowest BCUT2D eigenvalue weighted by molar-refractivity contribution is -0.140. The van der Waals surface area contributed by atoms with Gasteiger partial charge in [0, 0.05) is 0 Å². The molecule has 21 heavy (non-hydrogen) atoms. The summed E-state index contributed by atoms with van der Waals surface area (Å²) in [5.74, 6) is -3.13. The van der Waals surface area contributed by atoms with Crippen molar-refractivity contribution in [2.24, 2.45) is 11.0 Å². The van der Waals surface area contributed by atoms with Crippen molar-refractivity contribution in [1.82, 2.24) is 10.3 Å². The Morgan fingerprint density at radius 2 is 1.81 bits per heavy atom. The summed E-state index contributed by atoms with van der Waals surface area (Å²) in [6.07, 6.45) is -4.73. The van der Waals surface area contributed by atoms with E-state index >= 15 is 0 Å². The van der Waals surface area contributed by atoms with Crippen LogP contribution in [0.25, 0.3) is 0 Å². The number of likely N-dealkylation sites (tertiary alicyclic amines) is 1. The van der Waals surface area contributed by atoms with Gasteiger partial charge < -0.3 is 0 Å². The van der Waals surface area contributed by atoms with Crippen LogP contribution < -0.4 is 5.43 Å². The summed E-state index contributed by atoms with van der Waals surface area (Å²) in [6, 6.07) is 7.35. The highest BCUT2D eigenvalue weighted by Gasteiger charge is 2.59. The fourth-order valence-electron chi connectivity index (χ4n) is 2.50. The number of halogens is 3. The smallest absolute Gasteiger partial charge is 0.296 e. The van der Waals surface area contributed by atoms with Gasteiger partial charge in [0.05, 0.1) is 6.54 Å². The van der Waals surface area contributed by atoms with Crippen molar-refractivity contribution in [3.63, 3.8) is 0 Å². The van der Waals surface area contributed by atoms with E-state index in [0.29, 0.717) is 5.56 Å². The number of nitrogens with one attached hydrogen (secondary N) is 1. The molecule has 5 nitrogen and oxygen atoms in total. The molecular weight excluding hydrogens is 287 g/mol. The predicted octanol–water partition coefficient (Wildman–Crippen LogP) is 1.06. The van der Waals surface area contributed by atoms with E-state index in [9.17, 15) is 22.8 Å². The normalized spacial score (nSPS) is 24.9. The van der Waals surface area contributed by atoms with Gasteiger partial charge in [-0.05, 0) is 5.56 Å².